The second-order valence-corrected chi connectivity index (χ2v) is 5.17. The molecule has 3 N–H and O–H groups in total. The number of nitrogens with two attached hydrogens (primary N) is 1. The number of hydrogen-bond donors (Lipinski definition) is 2. The summed E-state index contributed by atoms with van der Waals surface area (Å²) >= 11 is 0. The average molecular weight is 354 g/mol. The Morgan fingerprint density at radius 1 is 1.31 bits per heavy atom. The predicted octanol–water partition coefficient (Wildman–Crippen LogP) is 2.45. The van der Waals surface area contributed by atoms with Gasteiger partial charge >= 0.3 is 5.97 Å². The third-order valence-electron chi connectivity index (χ3n) is 3.27. The number of nitriles is 1. The van der Waals surface area contributed by atoms with Gasteiger partial charge in [0.05, 0.1) is 5.69 Å². The fourth-order valence-corrected chi connectivity index (χ4v) is 2.01. The summed E-state index contributed by atoms with van der Waals surface area (Å²) in [6, 6.07) is 10.5. The maximum absolute atomic E-state index is 13.8. The van der Waals surface area contributed by atoms with Gasteiger partial charge < -0.3 is 15.8 Å². The SMILES string of the molecule is C/C(N)=C(\C#N)C(=O)COC(=O)c1cccnc1Nc1ccccc1F. The minimum absolute atomic E-state index is 0.00973. The van der Waals surface area contributed by atoms with Crippen molar-refractivity contribution in [3.8, 4) is 6.07 Å². The first-order valence-corrected chi connectivity index (χ1v) is 7.47. The molecule has 0 atom stereocenters. The van der Waals surface area contributed by atoms with E-state index in [1.165, 1.54) is 43.5 Å². The molecule has 8 heteroatoms. The number of esters is 1. The molecule has 0 aliphatic rings. The molecule has 1 aromatic carbocycles. The minimum atomic E-state index is -0.850. The highest BCUT2D eigenvalue weighted by molar-refractivity contribution is 6.03. The lowest BCUT2D eigenvalue weighted by molar-refractivity contribution is -0.118. The third kappa shape index (κ3) is 4.42. The van der Waals surface area contributed by atoms with Gasteiger partial charge in [0.15, 0.2) is 6.61 Å². The van der Waals surface area contributed by atoms with E-state index in [9.17, 15) is 14.0 Å². The van der Waals surface area contributed by atoms with E-state index in [2.05, 4.69) is 10.3 Å². The van der Waals surface area contributed by atoms with E-state index in [1.807, 2.05) is 0 Å². The van der Waals surface area contributed by atoms with Crippen LogP contribution in [0.15, 0.2) is 53.9 Å². The highest BCUT2D eigenvalue weighted by Crippen LogP contribution is 2.21. The number of ether oxygens (including phenoxy) is 1. The number of rotatable bonds is 6. The molecular weight excluding hydrogens is 339 g/mol. The number of hydrogen-bond acceptors (Lipinski definition) is 7. The van der Waals surface area contributed by atoms with Crippen LogP contribution in [0.25, 0.3) is 0 Å². The Morgan fingerprint density at radius 3 is 2.69 bits per heavy atom. The largest absolute Gasteiger partial charge is 0.454 e. The van der Waals surface area contributed by atoms with Gasteiger partial charge in [0.25, 0.3) is 0 Å². The van der Waals surface area contributed by atoms with Crippen molar-refractivity contribution in [3.05, 3.63) is 65.2 Å². The molecule has 7 nitrogen and oxygen atoms in total. The standard InChI is InChI=1S/C18H15FN4O3/c1-11(21)13(9-20)16(24)10-26-18(25)12-5-4-8-22-17(12)23-15-7-3-2-6-14(15)19/h2-8H,10,21H2,1H3,(H,22,23)/b13-11-. The van der Waals surface area contributed by atoms with Gasteiger partial charge in [-0.1, -0.05) is 12.1 Å². The van der Waals surface area contributed by atoms with E-state index in [-0.39, 0.29) is 28.3 Å². The lowest BCUT2D eigenvalue weighted by Gasteiger charge is -2.11. The molecule has 0 aliphatic carbocycles. The van der Waals surface area contributed by atoms with Crippen LogP contribution in [-0.2, 0) is 9.53 Å². The van der Waals surface area contributed by atoms with Crippen LogP contribution in [0.5, 0.6) is 0 Å². The number of Topliss-reactive ketones (excluding diaryl/α,β-unsaturated/α-hetero) is 1. The van der Waals surface area contributed by atoms with Crippen LogP contribution < -0.4 is 11.1 Å². The topological polar surface area (TPSA) is 118 Å². The summed E-state index contributed by atoms with van der Waals surface area (Å²) in [5.74, 6) is -2.01. The Balaban J connectivity index is 2.16. The third-order valence-corrected chi connectivity index (χ3v) is 3.27. The number of carbonyl (C=O) groups is 2. The Kier molecular flexibility index (Phi) is 6.01. The maximum Gasteiger partial charge on any atom is 0.342 e. The van der Waals surface area contributed by atoms with Crippen molar-refractivity contribution in [2.75, 3.05) is 11.9 Å². The molecule has 0 saturated carbocycles. The molecule has 0 aliphatic heterocycles. The predicted molar refractivity (Wildman–Crippen MR) is 91.7 cm³/mol. The summed E-state index contributed by atoms with van der Waals surface area (Å²) in [7, 11) is 0. The van der Waals surface area contributed by atoms with E-state index in [0.29, 0.717) is 0 Å². The number of nitrogens with zero attached hydrogens (tertiary/aromatic N) is 2. The molecule has 0 amide bonds. The van der Waals surface area contributed by atoms with Crippen molar-refractivity contribution in [2.24, 2.45) is 5.73 Å². The van der Waals surface area contributed by atoms with Gasteiger partial charge in [0.1, 0.15) is 28.8 Å². The number of ketones is 1. The number of carbonyl (C=O) groups excluding carboxylic acids is 2. The van der Waals surface area contributed by atoms with Crippen molar-refractivity contribution in [3.63, 3.8) is 0 Å². The summed E-state index contributed by atoms with van der Waals surface area (Å²) < 4.78 is 18.7. The van der Waals surface area contributed by atoms with Gasteiger partial charge in [-0.3, -0.25) is 4.79 Å². The molecule has 2 rings (SSSR count). The molecule has 2 aromatic rings. The zero-order valence-electron chi connectivity index (χ0n) is 13.8. The number of anilines is 2. The van der Waals surface area contributed by atoms with Crippen LogP contribution in [0.4, 0.5) is 15.9 Å². The number of halogens is 1. The number of aromatic nitrogens is 1. The van der Waals surface area contributed by atoms with Gasteiger partial charge in [-0.2, -0.15) is 5.26 Å². The summed E-state index contributed by atoms with van der Waals surface area (Å²) in [5.41, 5.74) is 5.34. The Bertz CT molecular complexity index is 915. The van der Waals surface area contributed by atoms with Crippen LogP contribution in [0.3, 0.4) is 0 Å². The lowest BCUT2D eigenvalue weighted by atomic mass is 10.1. The highest BCUT2D eigenvalue weighted by Gasteiger charge is 2.18. The van der Waals surface area contributed by atoms with Crippen LogP contribution in [-0.4, -0.2) is 23.3 Å². The molecule has 0 fully saturated rings. The first-order valence-electron chi connectivity index (χ1n) is 7.47. The van der Waals surface area contributed by atoms with Crippen molar-refractivity contribution >= 4 is 23.3 Å². The second kappa shape index (κ2) is 8.39. The van der Waals surface area contributed by atoms with Gasteiger partial charge in [0, 0.05) is 11.9 Å². The van der Waals surface area contributed by atoms with Crippen molar-refractivity contribution in [1.82, 2.24) is 4.98 Å². The molecule has 132 valence electrons. The summed E-state index contributed by atoms with van der Waals surface area (Å²) in [5, 5.41) is 11.6. The number of benzene rings is 1. The van der Waals surface area contributed by atoms with Crippen LogP contribution in [0, 0.1) is 17.1 Å². The zero-order chi connectivity index (χ0) is 19.1. The quantitative estimate of drug-likeness (QED) is 0.465. The Morgan fingerprint density at radius 2 is 2.04 bits per heavy atom. The molecule has 0 saturated heterocycles. The van der Waals surface area contributed by atoms with E-state index in [0.717, 1.165) is 0 Å². The molecule has 1 heterocycles. The highest BCUT2D eigenvalue weighted by atomic mass is 19.1. The molecular formula is C18H15FN4O3. The molecule has 0 spiro atoms. The van der Waals surface area contributed by atoms with Crippen molar-refractivity contribution < 1.29 is 18.7 Å². The summed E-state index contributed by atoms with van der Waals surface area (Å²) in [6.07, 6.45) is 1.42. The molecule has 0 unspecified atom stereocenters. The number of allylic oxidation sites excluding steroid dienone is 1. The van der Waals surface area contributed by atoms with Gasteiger partial charge in [0.2, 0.25) is 5.78 Å². The van der Waals surface area contributed by atoms with Crippen LogP contribution >= 0.6 is 0 Å². The fraction of sp³-hybridized carbons (Fsp3) is 0.111. The van der Waals surface area contributed by atoms with Gasteiger partial charge in [-0.25, -0.2) is 14.2 Å². The molecule has 1 aromatic heterocycles. The zero-order valence-corrected chi connectivity index (χ0v) is 13.8. The lowest BCUT2D eigenvalue weighted by Crippen LogP contribution is -2.18. The second-order valence-electron chi connectivity index (χ2n) is 5.17. The first kappa shape index (κ1) is 18.6. The number of nitrogens with one attached hydrogen (secondary N) is 1. The monoisotopic (exact) mass is 354 g/mol. The van der Waals surface area contributed by atoms with Crippen LogP contribution in [0.1, 0.15) is 17.3 Å². The van der Waals surface area contributed by atoms with E-state index in [4.69, 9.17) is 15.7 Å². The Labute approximate surface area is 148 Å². The number of pyridine rings is 1. The summed E-state index contributed by atoms with van der Waals surface area (Å²) in [6.45, 7) is 0.750. The molecule has 26 heavy (non-hydrogen) atoms. The number of para-hydroxylation sites is 1. The summed E-state index contributed by atoms with van der Waals surface area (Å²) in [4.78, 5) is 28.1. The Hall–Kier alpha value is -3.73. The van der Waals surface area contributed by atoms with E-state index >= 15 is 0 Å². The minimum Gasteiger partial charge on any atom is -0.454 e. The van der Waals surface area contributed by atoms with E-state index < -0.39 is 24.2 Å². The van der Waals surface area contributed by atoms with E-state index in [1.54, 1.807) is 12.1 Å². The molecule has 0 bridgehead atoms. The van der Waals surface area contributed by atoms with Crippen molar-refractivity contribution in [2.45, 2.75) is 6.92 Å². The fourth-order valence-electron chi connectivity index (χ4n) is 2.01. The van der Waals surface area contributed by atoms with Crippen LogP contribution in [0.2, 0.25) is 0 Å². The van der Waals surface area contributed by atoms with Crippen molar-refractivity contribution in [1.29, 1.82) is 5.26 Å². The van der Waals surface area contributed by atoms with Gasteiger partial charge in [-0.15, -0.1) is 0 Å². The first-order chi connectivity index (χ1) is 12.4. The maximum atomic E-state index is 13.8. The normalized spacial score (nSPS) is 11.1. The molecule has 0 radical (unpaired) electrons. The average Bonchev–Trinajstić information content (AvgIpc) is 2.62. The smallest absolute Gasteiger partial charge is 0.342 e. The van der Waals surface area contributed by atoms with Gasteiger partial charge in [-0.05, 0) is 31.2 Å².